The van der Waals surface area contributed by atoms with Crippen LogP contribution < -0.4 is 10.2 Å². The minimum absolute atomic E-state index is 0.116. The van der Waals surface area contributed by atoms with E-state index >= 15 is 0 Å². The lowest BCUT2D eigenvalue weighted by Gasteiger charge is -2.23. The van der Waals surface area contributed by atoms with E-state index in [9.17, 15) is 14.7 Å². The molecule has 7 nitrogen and oxygen atoms in total. The summed E-state index contributed by atoms with van der Waals surface area (Å²) in [5.74, 6) is -1.33. The van der Waals surface area contributed by atoms with Gasteiger partial charge < -0.3 is 15.3 Å². The quantitative estimate of drug-likeness (QED) is 0.598. The van der Waals surface area contributed by atoms with E-state index in [0.29, 0.717) is 17.8 Å². The van der Waals surface area contributed by atoms with Gasteiger partial charge in [-0.2, -0.15) is 5.10 Å². The predicted octanol–water partition coefficient (Wildman–Crippen LogP) is 3.04. The number of nitrogens with zero attached hydrogens (tertiary/aromatic N) is 2. The van der Waals surface area contributed by atoms with Crippen molar-refractivity contribution in [2.45, 2.75) is 6.42 Å². The summed E-state index contributed by atoms with van der Waals surface area (Å²) in [6.07, 6.45) is 4.36. The summed E-state index contributed by atoms with van der Waals surface area (Å²) in [5, 5.41) is 18.8. The van der Waals surface area contributed by atoms with Crippen molar-refractivity contribution in [1.82, 2.24) is 10.2 Å². The van der Waals surface area contributed by atoms with Crippen molar-refractivity contribution in [3.8, 4) is 0 Å². The van der Waals surface area contributed by atoms with E-state index in [1.165, 1.54) is 12.1 Å². The number of carboxylic acids is 1. The van der Waals surface area contributed by atoms with Crippen LogP contribution in [0.2, 0.25) is 0 Å². The SMILES string of the molecule is CN(CCc1cn[nH]c1)c1ccc(C(=O)O)cc1NC(=O)c1ccccc1. The molecule has 3 N–H and O–H groups in total. The van der Waals surface area contributed by atoms with E-state index in [-0.39, 0.29) is 11.5 Å². The number of aromatic carboxylic acids is 1. The van der Waals surface area contributed by atoms with Crippen LogP contribution in [0.4, 0.5) is 11.4 Å². The minimum atomic E-state index is -1.04. The van der Waals surface area contributed by atoms with E-state index in [0.717, 1.165) is 17.7 Å². The molecule has 0 spiro atoms. The zero-order valence-corrected chi connectivity index (χ0v) is 14.8. The van der Waals surface area contributed by atoms with Gasteiger partial charge in [0.15, 0.2) is 0 Å². The van der Waals surface area contributed by atoms with Crippen LogP contribution in [0.5, 0.6) is 0 Å². The molecule has 0 unspecified atom stereocenters. The number of rotatable bonds is 7. The molecule has 1 aromatic heterocycles. The second kappa shape index (κ2) is 8.18. The van der Waals surface area contributed by atoms with Crippen LogP contribution in [-0.2, 0) is 6.42 Å². The molecule has 0 aliphatic rings. The highest BCUT2D eigenvalue weighted by atomic mass is 16.4. The summed E-state index contributed by atoms with van der Waals surface area (Å²) in [6, 6.07) is 13.5. The van der Waals surface area contributed by atoms with E-state index in [4.69, 9.17) is 0 Å². The molecule has 0 aliphatic heterocycles. The highest BCUT2D eigenvalue weighted by molar-refractivity contribution is 6.06. The van der Waals surface area contributed by atoms with E-state index in [1.807, 2.05) is 24.2 Å². The molecular weight excluding hydrogens is 344 g/mol. The average Bonchev–Trinajstić information content (AvgIpc) is 3.20. The molecule has 3 aromatic rings. The molecule has 0 fully saturated rings. The van der Waals surface area contributed by atoms with Gasteiger partial charge in [-0.3, -0.25) is 9.89 Å². The van der Waals surface area contributed by atoms with Crippen LogP contribution in [-0.4, -0.2) is 40.8 Å². The number of hydrogen-bond donors (Lipinski definition) is 3. The topological polar surface area (TPSA) is 98.3 Å². The van der Waals surface area contributed by atoms with E-state index in [2.05, 4.69) is 15.5 Å². The molecule has 0 atom stereocenters. The van der Waals surface area contributed by atoms with Gasteiger partial charge in [-0.15, -0.1) is 0 Å². The summed E-state index contributed by atoms with van der Waals surface area (Å²) in [4.78, 5) is 25.8. The number of amides is 1. The van der Waals surface area contributed by atoms with Crippen molar-refractivity contribution in [3.63, 3.8) is 0 Å². The number of hydrogen-bond acceptors (Lipinski definition) is 4. The second-order valence-corrected chi connectivity index (χ2v) is 6.14. The Morgan fingerprint density at radius 3 is 2.59 bits per heavy atom. The molecule has 0 saturated carbocycles. The third kappa shape index (κ3) is 4.52. The average molecular weight is 364 g/mol. The Labute approximate surface area is 156 Å². The first-order valence-corrected chi connectivity index (χ1v) is 8.47. The Morgan fingerprint density at radius 2 is 1.93 bits per heavy atom. The molecule has 1 heterocycles. The van der Waals surface area contributed by atoms with Gasteiger partial charge in [-0.05, 0) is 42.3 Å². The van der Waals surface area contributed by atoms with Gasteiger partial charge in [0.1, 0.15) is 0 Å². The first kappa shape index (κ1) is 18.2. The number of carbonyl (C=O) groups excluding carboxylic acids is 1. The first-order valence-electron chi connectivity index (χ1n) is 8.47. The van der Waals surface area contributed by atoms with Crippen molar-refractivity contribution in [2.24, 2.45) is 0 Å². The summed E-state index contributed by atoms with van der Waals surface area (Å²) in [6.45, 7) is 0.681. The van der Waals surface area contributed by atoms with Crippen molar-refractivity contribution in [2.75, 3.05) is 23.8 Å². The number of aromatic amines is 1. The number of carbonyl (C=O) groups is 2. The highest BCUT2D eigenvalue weighted by Gasteiger charge is 2.15. The lowest BCUT2D eigenvalue weighted by atomic mass is 10.1. The van der Waals surface area contributed by atoms with Crippen molar-refractivity contribution < 1.29 is 14.7 Å². The maximum atomic E-state index is 12.5. The fourth-order valence-electron chi connectivity index (χ4n) is 2.72. The van der Waals surface area contributed by atoms with Crippen molar-refractivity contribution in [1.29, 1.82) is 0 Å². The monoisotopic (exact) mass is 364 g/mol. The third-order valence-corrected chi connectivity index (χ3v) is 4.23. The lowest BCUT2D eigenvalue weighted by Crippen LogP contribution is -2.23. The fraction of sp³-hybridized carbons (Fsp3) is 0.150. The number of carboxylic acid groups (broad SMARTS) is 1. The normalized spacial score (nSPS) is 10.4. The molecule has 2 aromatic carbocycles. The first-order chi connectivity index (χ1) is 13.0. The Balaban J connectivity index is 1.83. The van der Waals surface area contributed by atoms with Gasteiger partial charge in [0.25, 0.3) is 5.91 Å². The zero-order valence-electron chi connectivity index (χ0n) is 14.8. The Kier molecular flexibility index (Phi) is 5.51. The molecule has 1 amide bonds. The number of benzene rings is 2. The smallest absolute Gasteiger partial charge is 0.335 e. The Morgan fingerprint density at radius 1 is 1.15 bits per heavy atom. The summed E-state index contributed by atoms with van der Waals surface area (Å²) in [7, 11) is 1.90. The Bertz CT molecular complexity index is 924. The van der Waals surface area contributed by atoms with Gasteiger partial charge in [-0.1, -0.05) is 18.2 Å². The summed E-state index contributed by atoms with van der Waals surface area (Å²) < 4.78 is 0. The largest absolute Gasteiger partial charge is 0.478 e. The van der Waals surface area contributed by atoms with Gasteiger partial charge in [-0.25, -0.2) is 4.79 Å². The maximum Gasteiger partial charge on any atom is 0.335 e. The molecule has 0 radical (unpaired) electrons. The van der Waals surface area contributed by atoms with Gasteiger partial charge in [0.05, 0.1) is 23.1 Å². The van der Waals surface area contributed by atoms with Crippen molar-refractivity contribution in [3.05, 3.63) is 77.6 Å². The predicted molar refractivity (Wildman–Crippen MR) is 103 cm³/mol. The number of nitrogens with one attached hydrogen (secondary N) is 2. The molecule has 138 valence electrons. The number of H-pyrrole nitrogens is 1. The van der Waals surface area contributed by atoms with E-state index in [1.54, 1.807) is 36.5 Å². The zero-order chi connectivity index (χ0) is 19.2. The standard InChI is InChI=1S/C20H20N4O3/c1-24(10-9-14-12-21-22-13-14)18-8-7-16(20(26)27)11-17(18)23-19(25)15-5-3-2-4-6-15/h2-8,11-13H,9-10H2,1H3,(H,21,22)(H,23,25)(H,26,27). The van der Waals surface area contributed by atoms with Crippen LogP contribution in [0, 0.1) is 0 Å². The van der Waals surface area contributed by atoms with Crippen LogP contribution in [0.25, 0.3) is 0 Å². The third-order valence-electron chi connectivity index (χ3n) is 4.23. The van der Waals surface area contributed by atoms with Gasteiger partial charge in [0, 0.05) is 25.4 Å². The number of likely N-dealkylation sites (N-methyl/N-ethyl adjacent to an activating group) is 1. The maximum absolute atomic E-state index is 12.5. The molecule has 3 rings (SSSR count). The highest BCUT2D eigenvalue weighted by Crippen LogP contribution is 2.27. The molecule has 7 heteroatoms. The Hall–Kier alpha value is -3.61. The number of aromatic nitrogens is 2. The van der Waals surface area contributed by atoms with Gasteiger partial charge in [0.2, 0.25) is 0 Å². The van der Waals surface area contributed by atoms with Crippen LogP contribution in [0.1, 0.15) is 26.3 Å². The van der Waals surface area contributed by atoms with Crippen molar-refractivity contribution >= 4 is 23.3 Å². The van der Waals surface area contributed by atoms with Crippen LogP contribution in [0.3, 0.4) is 0 Å². The molecule has 27 heavy (non-hydrogen) atoms. The minimum Gasteiger partial charge on any atom is -0.478 e. The molecular formula is C20H20N4O3. The van der Waals surface area contributed by atoms with E-state index < -0.39 is 5.97 Å². The molecule has 0 saturated heterocycles. The van der Waals surface area contributed by atoms with Gasteiger partial charge >= 0.3 is 5.97 Å². The van der Waals surface area contributed by atoms with Crippen LogP contribution in [0.15, 0.2) is 60.9 Å². The summed E-state index contributed by atoms with van der Waals surface area (Å²) >= 11 is 0. The molecule has 0 aliphatic carbocycles. The second-order valence-electron chi connectivity index (χ2n) is 6.14. The number of anilines is 2. The van der Waals surface area contributed by atoms with Crippen LogP contribution >= 0.6 is 0 Å². The fourth-order valence-corrected chi connectivity index (χ4v) is 2.72. The summed E-state index contributed by atoms with van der Waals surface area (Å²) in [5.41, 5.74) is 2.89. The lowest BCUT2D eigenvalue weighted by molar-refractivity contribution is 0.0696. The molecule has 0 bridgehead atoms.